The van der Waals surface area contributed by atoms with Crippen LogP contribution in [-0.2, 0) is 0 Å². The fraction of sp³-hybridized carbons (Fsp3) is 0. The number of amides is 1. The number of nitrogens with zero attached hydrogens (tertiary/aromatic N) is 1. The molecule has 7 heteroatoms. The summed E-state index contributed by atoms with van der Waals surface area (Å²) >= 11 is 0. The van der Waals surface area contributed by atoms with Gasteiger partial charge in [0.2, 0.25) is 0 Å². The van der Waals surface area contributed by atoms with Crippen molar-refractivity contribution in [3.63, 3.8) is 0 Å². The van der Waals surface area contributed by atoms with Crippen molar-refractivity contribution in [2.24, 2.45) is 0 Å². The molecule has 0 unspecified atom stereocenters. The molecule has 0 saturated heterocycles. The molecular weight excluding hydrogens is 288 g/mol. The first-order valence-electron chi connectivity index (χ1n) is 5.58. The number of rotatable bonds is 2. The summed E-state index contributed by atoms with van der Waals surface area (Å²) in [4.78, 5) is 11.8. The minimum Gasteiger partial charge on any atom is -0.317 e. The third-order valence-electron chi connectivity index (χ3n) is 2.63. The molecule has 2 aromatic rings. The third-order valence-corrected chi connectivity index (χ3v) is 2.63. The van der Waals surface area contributed by atoms with E-state index in [0.717, 1.165) is 0 Å². The number of carbonyl (C=O) groups is 1. The van der Waals surface area contributed by atoms with Gasteiger partial charge in [-0.25, -0.2) is 17.6 Å². The van der Waals surface area contributed by atoms with E-state index in [2.05, 4.69) is 0 Å². The SMILES string of the molecule is N#Cc1ccc(C(=O)Nc2c(F)c(F)cc(F)c2F)cc1. The van der Waals surface area contributed by atoms with Crippen molar-refractivity contribution in [2.45, 2.75) is 0 Å². The Labute approximate surface area is 116 Å². The van der Waals surface area contributed by atoms with Gasteiger partial charge in [0.25, 0.3) is 5.91 Å². The highest BCUT2D eigenvalue weighted by Gasteiger charge is 2.21. The van der Waals surface area contributed by atoms with Crippen LogP contribution < -0.4 is 5.32 Å². The van der Waals surface area contributed by atoms with Crippen molar-refractivity contribution >= 4 is 11.6 Å². The lowest BCUT2D eigenvalue weighted by atomic mass is 10.1. The van der Waals surface area contributed by atoms with Gasteiger partial charge in [-0.1, -0.05) is 0 Å². The number of carbonyl (C=O) groups excluding carboxylic acids is 1. The summed E-state index contributed by atoms with van der Waals surface area (Å²) < 4.78 is 52.8. The molecule has 0 aliphatic heterocycles. The third kappa shape index (κ3) is 2.84. The van der Waals surface area contributed by atoms with Crippen molar-refractivity contribution < 1.29 is 22.4 Å². The normalized spacial score (nSPS) is 10.0. The molecule has 3 nitrogen and oxygen atoms in total. The van der Waals surface area contributed by atoms with Crippen LogP contribution in [0.4, 0.5) is 23.2 Å². The summed E-state index contributed by atoms with van der Waals surface area (Å²) in [6.07, 6.45) is 0. The van der Waals surface area contributed by atoms with Crippen LogP contribution in [0.15, 0.2) is 30.3 Å². The fourth-order valence-corrected chi connectivity index (χ4v) is 1.56. The Morgan fingerprint density at radius 3 is 2.00 bits per heavy atom. The Morgan fingerprint density at radius 1 is 1.00 bits per heavy atom. The van der Waals surface area contributed by atoms with Crippen molar-refractivity contribution in [3.8, 4) is 6.07 Å². The molecule has 2 aromatic carbocycles. The fourth-order valence-electron chi connectivity index (χ4n) is 1.56. The zero-order chi connectivity index (χ0) is 15.6. The number of hydrogen-bond acceptors (Lipinski definition) is 2. The van der Waals surface area contributed by atoms with Crippen molar-refractivity contribution in [3.05, 3.63) is 64.7 Å². The summed E-state index contributed by atoms with van der Waals surface area (Å²) in [6.45, 7) is 0. The lowest BCUT2D eigenvalue weighted by molar-refractivity contribution is 0.102. The van der Waals surface area contributed by atoms with Gasteiger partial charge in [0.15, 0.2) is 23.3 Å². The molecule has 0 aromatic heterocycles. The molecule has 0 bridgehead atoms. The summed E-state index contributed by atoms with van der Waals surface area (Å²) in [7, 11) is 0. The van der Waals surface area contributed by atoms with Gasteiger partial charge in [0.05, 0.1) is 11.6 Å². The zero-order valence-electron chi connectivity index (χ0n) is 10.3. The Hall–Kier alpha value is -2.88. The minimum atomic E-state index is -1.70. The van der Waals surface area contributed by atoms with E-state index in [1.807, 2.05) is 6.07 Å². The first-order valence-corrected chi connectivity index (χ1v) is 5.58. The topological polar surface area (TPSA) is 52.9 Å². The highest BCUT2D eigenvalue weighted by Crippen LogP contribution is 2.24. The molecule has 106 valence electrons. The van der Waals surface area contributed by atoms with E-state index in [4.69, 9.17) is 5.26 Å². The smallest absolute Gasteiger partial charge is 0.255 e. The highest BCUT2D eigenvalue weighted by molar-refractivity contribution is 6.04. The number of anilines is 1. The number of nitriles is 1. The van der Waals surface area contributed by atoms with Crippen LogP contribution in [0, 0.1) is 34.6 Å². The van der Waals surface area contributed by atoms with Crippen LogP contribution in [-0.4, -0.2) is 5.91 Å². The lowest BCUT2D eigenvalue weighted by Crippen LogP contribution is -2.15. The van der Waals surface area contributed by atoms with Crippen LogP contribution in [0.25, 0.3) is 0 Å². The van der Waals surface area contributed by atoms with E-state index in [1.165, 1.54) is 24.3 Å². The lowest BCUT2D eigenvalue weighted by Gasteiger charge is -2.09. The van der Waals surface area contributed by atoms with E-state index in [-0.39, 0.29) is 17.2 Å². The van der Waals surface area contributed by atoms with E-state index in [0.29, 0.717) is 0 Å². The van der Waals surface area contributed by atoms with Crippen LogP contribution in [0.5, 0.6) is 0 Å². The van der Waals surface area contributed by atoms with Gasteiger partial charge in [-0.05, 0) is 24.3 Å². The highest BCUT2D eigenvalue weighted by atomic mass is 19.2. The molecule has 0 saturated carbocycles. The molecule has 0 aliphatic carbocycles. The molecule has 2 rings (SSSR count). The van der Waals surface area contributed by atoms with Gasteiger partial charge in [0, 0.05) is 11.6 Å². The quantitative estimate of drug-likeness (QED) is 0.682. The molecule has 0 spiro atoms. The van der Waals surface area contributed by atoms with Gasteiger partial charge in [-0.15, -0.1) is 0 Å². The number of halogens is 4. The van der Waals surface area contributed by atoms with Gasteiger partial charge in [-0.2, -0.15) is 5.26 Å². The van der Waals surface area contributed by atoms with Crippen LogP contribution in [0.3, 0.4) is 0 Å². The molecule has 0 atom stereocenters. The number of hydrogen-bond donors (Lipinski definition) is 1. The Morgan fingerprint density at radius 2 is 1.52 bits per heavy atom. The first kappa shape index (κ1) is 14.5. The summed E-state index contributed by atoms with van der Waals surface area (Å²) in [5, 5.41) is 10.4. The number of nitrogens with one attached hydrogen (secondary N) is 1. The summed E-state index contributed by atoms with van der Waals surface area (Å²) in [5.74, 6) is -7.61. The second-order valence-electron chi connectivity index (χ2n) is 3.99. The Balaban J connectivity index is 2.33. The largest absolute Gasteiger partial charge is 0.317 e. The van der Waals surface area contributed by atoms with Crippen LogP contribution >= 0.6 is 0 Å². The predicted molar refractivity (Wildman–Crippen MR) is 65.4 cm³/mol. The summed E-state index contributed by atoms with van der Waals surface area (Å²) in [5.41, 5.74) is -0.958. The zero-order valence-corrected chi connectivity index (χ0v) is 10.3. The van der Waals surface area contributed by atoms with Gasteiger partial charge >= 0.3 is 0 Å². The standard InChI is InChI=1S/C14H6F4N2O/c15-9-5-10(16)12(18)13(11(9)17)20-14(21)8-3-1-7(6-19)2-4-8/h1-5H,(H,20,21). The molecule has 1 N–H and O–H groups in total. The molecule has 21 heavy (non-hydrogen) atoms. The van der Waals surface area contributed by atoms with Crippen molar-refractivity contribution in [1.29, 1.82) is 5.26 Å². The maximum Gasteiger partial charge on any atom is 0.255 e. The molecular formula is C14H6F4N2O. The average Bonchev–Trinajstić information content (AvgIpc) is 2.49. The molecule has 0 heterocycles. The molecule has 1 amide bonds. The van der Waals surface area contributed by atoms with Gasteiger partial charge < -0.3 is 5.32 Å². The minimum absolute atomic E-state index is 0.0301. The molecule has 0 fully saturated rings. The van der Waals surface area contributed by atoms with Crippen molar-refractivity contribution in [1.82, 2.24) is 0 Å². The van der Waals surface area contributed by atoms with E-state index in [9.17, 15) is 22.4 Å². The Bertz CT molecular complexity index is 725. The van der Waals surface area contributed by atoms with Crippen LogP contribution in [0.1, 0.15) is 15.9 Å². The van der Waals surface area contributed by atoms with E-state index in [1.54, 1.807) is 5.32 Å². The number of benzene rings is 2. The molecule has 0 aliphatic rings. The maximum absolute atomic E-state index is 13.4. The van der Waals surface area contributed by atoms with Crippen LogP contribution in [0.2, 0.25) is 0 Å². The van der Waals surface area contributed by atoms with E-state index >= 15 is 0 Å². The maximum atomic E-state index is 13.4. The average molecular weight is 294 g/mol. The van der Waals surface area contributed by atoms with Crippen molar-refractivity contribution in [2.75, 3.05) is 5.32 Å². The second-order valence-corrected chi connectivity index (χ2v) is 3.99. The Kier molecular flexibility index (Phi) is 3.89. The predicted octanol–water partition coefficient (Wildman–Crippen LogP) is 3.37. The second kappa shape index (κ2) is 5.63. The van der Waals surface area contributed by atoms with Gasteiger partial charge in [0.1, 0.15) is 5.69 Å². The first-order chi connectivity index (χ1) is 9.93. The van der Waals surface area contributed by atoms with Gasteiger partial charge in [-0.3, -0.25) is 4.79 Å². The monoisotopic (exact) mass is 294 g/mol. The van der Waals surface area contributed by atoms with E-state index < -0.39 is 34.9 Å². The molecule has 0 radical (unpaired) electrons. The summed E-state index contributed by atoms with van der Waals surface area (Å²) in [6, 6.07) is 6.97.